The van der Waals surface area contributed by atoms with E-state index >= 15 is 0 Å². The Morgan fingerprint density at radius 1 is 0.885 bits per heavy atom. The van der Waals surface area contributed by atoms with Crippen molar-refractivity contribution >= 4 is 11.7 Å². The van der Waals surface area contributed by atoms with Crippen LogP contribution in [0, 0.1) is 5.92 Å². The number of rotatable bonds is 5. The number of hydrogen-bond acceptors (Lipinski definition) is 4. The van der Waals surface area contributed by atoms with E-state index in [1.165, 1.54) is 0 Å². The Morgan fingerprint density at radius 2 is 1.46 bits per heavy atom. The number of ketones is 1. The third-order valence-corrected chi connectivity index (χ3v) is 4.81. The molecule has 0 saturated carbocycles. The molecule has 5 heteroatoms. The van der Waals surface area contributed by atoms with Crippen LogP contribution < -0.4 is 9.47 Å². The Morgan fingerprint density at radius 3 is 2.00 bits per heavy atom. The molecule has 3 rings (SSSR count). The number of Topliss-reactive ketones (excluding diaryl/α,β-unsaturated/α-hetero) is 1. The number of amides is 1. The molecular weight excluding hydrogens is 330 g/mol. The number of carbonyl (C=O) groups is 2. The Kier molecular flexibility index (Phi) is 5.56. The molecule has 26 heavy (non-hydrogen) atoms. The van der Waals surface area contributed by atoms with Crippen molar-refractivity contribution in [3.63, 3.8) is 0 Å². The molecule has 1 aliphatic rings. The summed E-state index contributed by atoms with van der Waals surface area (Å²) in [5.74, 6) is 1.25. The zero-order valence-electron chi connectivity index (χ0n) is 15.1. The summed E-state index contributed by atoms with van der Waals surface area (Å²) in [4.78, 5) is 27.2. The van der Waals surface area contributed by atoms with Crippen LogP contribution in [-0.4, -0.2) is 43.9 Å². The van der Waals surface area contributed by atoms with Crippen molar-refractivity contribution in [2.24, 2.45) is 5.92 Å². The Labute approximate surface area is 153 Å². The van der Waals surface area contributed by atoms with E-state index in [0.29, 0.717) is 43.0 Å². The number of benzene rings is 2. The predicted molar refractivity (Wildman–Crippen MR) is 98.9 cm³/mol. The van der Waals surface area contributed by atoms with Crippen LogP contribution in [0.2, 0.25) is 0 Å². The minimum absolute atomic E-state index is 0.0266. The zero-order valence-corrected chi connectivity index (χ0v) is 15.1. The molecular formula is C21H23NO4. The number of carbonyl (C=O) groups excluding carboxylic acids is 2. The molecule has 1 amide bonds. The second-order valence-electron chi connectivity index (χ2n) is 6.40. The Hall–Kier alpha value is -2.82. The standard InChI is InChI=1S/C21H23NO4/c1-25-18-12-17(13-19(14-18)26-2)21(24)22-10-8-16(9-11-22)20(23)15-6-4-3-5-7-15/h3-7,12-14,16H,8-11H2,1-2H3. The molecule has 2 aromatic carbocycles. The Balaban J connectivity index is 1.66. The van der Waals surface area contributed by atoms with Crippen molar-refractivity contribution in [3.8, 4) is 11.5 Å². The van der Waals surface area contributed by atoms with Crippen LogP contribution in [-0.2, 0) is 0 Å². The predicted octanol–water partition coefficient (Wildman–Crippen LogP) is 3.44. The third-order valence-electron chi connectivity index (χ3n) is 4.81. The van der Waals surface area contributed by atoms with Gasteiger partial charge in [0.2, 0.25) is 0 Å². The lowest BCUT2D eigenvalue weighted by Gasteiger charge is -2.31. The second kappa shape index (κ2) is 8.04. The van der Waals surface area contributed by atoms with Gasteiger partial charge < -0.3 is 14.4 Å². The van der Waals surface area contributed by atoms with Gasteiger partial charge in [-0.1, -0.05) is 30.3 Å². The molecule has 136 valence electrons. The highest BCUT2D eigenvalue weighted by atomic mass is 16.5. The first kappa shape index (κ1) is 18.0. The van der Waals surface area contributed by atoms with Crippen molar-refractivity contribution in [2.45, 2.75) is 12.8 Å². The average molecular weight is 353 g/mol. The number of methoxy groups -OCH3 is 2. The van der Waals surface area contributed by atoms with Gasteiger partial charge in [-0.15, -0.1) is 0 Å². The molecule has 0 aliphatic carbocycles. The molecule has 0 N–H and O–H groups in total. The zero-order chi connectivity index (χ0) is 18.5. The fourth-order valence-electron chi connectivity index (χ4n) is 3.30. The maximum Gasteiger partial charge on any atom is 0.254 e. The SMILES string of the molecule is COc1cc(OC)cc(C(=O)N2CCC(C(=O)c3ccccc3)CC2)c1. The Bertz CT molecular complexity index is 758. The van der Waals surface area contributed by atoms with E-state index in [0.717, 1.165) is 5.56 Å². The van der Waals surface area contributed by atoms with Crippen LogP contribution in [0.25, 0.3) is 0 Å². The lowest BCUT2D eigenvalue weighted by Crippen LogP contribution is -2.40. The topological polar surface area (TPSA) is 55.8 Å². The molecule has 1 saturated heterocycles. The van der Waals surface area contributed by atoms with E-state index in [1.54, 1.807) is 37.3 Å². The number of piperidine rings is 1. The van der Waals surface area contributed by atoms with Crippen LogP contribution in [0.1, 0.15) is 33.6 Å². The van der Waals surface area contributed by atoms with Crippen molar-refractivity contribution in [2.75, 3.05) is 27.3 Å². The number of nitrogens with zero attached hydrogens (tertiary/aromatic N) is 1. The molecule has 0 atom stereocenters. The van der Waals surface area contributed by atoms with E-state index in [2.05, 4.69) is 0 Å². The van der Waals surface area contributed by atoms with Gasteiger partial charge in [0.05, 0.1) is 14.2 Å². The summed E-state index contributed by atoms with van der Waals surface area (Å²) in [5.41, 5.74) is 1.28. The van der Waals surface area contributed by atoms with Crippen molar-refractivity contribution < 1.29 is 19.1 Å². The van der Waals surface area contributed by atoms with E-state index in [-0.39, 0.29) is 17.6 Å². The minimum atomic E-state index is -0.0622. The maximum absolute atomic E-state index is 12.8. The first-order chi connectivity index (χ1) is 12.6. The van der Waals surface area contributed by atoms with Gasteiger partial charge in [0.15, 0.2) is 5.78 Å². The molecule has 0 bridgehead atoms. The summed E-state index contributed by atoms with van der Waals surface area (Å²) < 4.78 is 10.5. The van der Waals surface area contributed by atoms with Gasteiger partial charge in [0, 0.05) is 36.2 Å². The summed E-state index contributed by atoms with van der Waals surface area (Å²) in [5, 5.41) is 0. The molecule has 1 aliphatic heterocycles. The summed E-state index contributed by atoms with van der Waals surface area (Å²) in [6.45, 7) is 1.14. The van der Waals surface area contributed by atoms with Crippen molar-refractivity contribution in [1.82, 2.24) is 4.90 Å². The molecule has 0 spiro atoms. The summed E-state index contributed by atoms with van der Waals surface area (Å²) in [6, 6.07) is 14.5. The van der Waals surface area contributed by atoms with Gasteiger partial charge in [-0.05, 0) is 25.0 Å². The van der Waals surface area contributed by atoms with Crippen LogP contribution in [0.15, 0.2) is 48.5 Å². The normalized spacial score (nSPS) is 14.8. The summed E-state index contributed by atoms with van der Waals surface area (Å²) in [7, 11) is 3.12. The number of ether oxygens (including phenoxy) is 2. The quantitative estimate of drug-likeness (QED) is 0.773. The van der Waals surface area contributed by atoms with Crippen LogP contribution >= 0.6 is 0 Å². The molecule has 5 nitrogen and oxygen atoms in total. The van der Waals surface area contributed by atoms with E-state index in [9.17, 15) is 9.59 Å². The van der Waals surface area contributed by atoms with Gasteiger partial charge >= 0.3 is 0 Å². The second-order valence-corrected chi connectivity index (χ2v) is 6.40. The van der Waals surface area contributed by atoms with Gasteiger partial charge in [0.25, 0.3) is 5.91 Å². The van der Waals surface area contributed by atoms with Gasteiger partial charge in [-0.2, -0.15) is 0 Å². The first-order valence-electron chi connectivity index (χ1n) is 8.74. The fourth-order valence-corrected chi connectivity index (χ4v) is 3.30. The number of hydrogen-bond donors (Lipinski definition) is 0. The fraction of sp³-hybridized carbons (Fsp3) is 0.333. The van der Waals surface area contributed by atoms with Crippen LogP contribution in [0.5, 0.6) is 11.5 Å². The smallest absolute Gasteiger partial charge is 0.254 e. The van der Waals surface area contributed by atoms with Gasteiger partial charge in [-0.25, -0.2) is 0 Å². The molecule has 0 aromatic heterocycles. The highest BCUT2D eigenvalue weighted by Crippen LogP contribution is 2.26. The molecule has 2 aromatic rings. The van der Waals surface area contributed by atoms with Crippen LogP contribution in [0.4, 0.5) is 0 Å². The lowest BCUT2D eigenvalue weighted by atomic mass is 9.88. The molecule has 1 heterocycles. The van der Waals surface area contributed by atoms with Gasteiger partial charge in [-0.3, -0.25) is 9.59 Å². The first-order valence-corrected chi connectivity index (χ1v) is 8.74. The monoisotopic (exact) mass is 353 g/mol. The molecule has 0 unspecified atom stereocenters. The van der Waals surface area contributed by atoms with Crippen molar-refractivity contribution in [1.29, 1.82) is 0 Å². The van der Waals surface area contributed by atoms with Gasteiger partial charge in [0.1, 0.15) is 11.5 Å². The van der Waals surface area contributed by atoms with E-state index < -0.39 is 0 Å². The number of likely N-dealkylation sites (tertiary alicyclic amines) is 1. The lowest BCUT2D eigenvalue weighted by molar-refractivity contribution is 0.0650. The van der Waals surface area contributed by atoms with E-state index in [4.69, 9.17) is 9.47 Å². The highest BCUT2D eigenvalue weighted by Gasteiger charge is 2.28. The van der Waals surface area contributed by atoms with E-state index in [1.807, 2.05) is 30.3 Å². The average Bonchev–Trinajstić information content (AvgIpc) is 2.73. The largest absolute Gasteiger partial charge is 0.497 e. The summed E-state index contributed by atoms with van der Waals surface area (Å²) in [6.07, 6.45) is 1.36. The maximum atomic E-state index is 12.8. The minimum Gasteiger partial charge on any atom is -0.497 e. The van der Waals surface area contributed by atoms with Crippen molar-refractivity contribution in [3.05, 3.63) is 59.7 Å². The molecule has 1 fully saturated rings. The molecule has 0 radical (unpaired) electrons. The van der Waals surface area contributed by atoms with Crippen LogP contribution in [0.3, 0.4) is 0 Å². The third kappa shape index (κ3) is 3.87. The summed E-state index contributed by atoms with van der Waals surface area (Å²) >= 11 is 0. The highest BCUT2D eigenvalue weighted by molar-refractivity contribution is 5.98.